The van der Waals surface area contributed by atoms with Gasteiger partial charge in [-0.25, -0.2) is 9.97 Å². The maximum Gasteiger partial charge on any atom is 0.233 e. The molecule has 0 unspecified atom stereocenters. The van der Waals surface area contributed by atoms with Crippen LogP contribution >= 0.6 is 0 Å². The third-order valence-corrected chi connectivity index (χ3v) is 7.27. The third-order valence-electron chi connectivity index (χ3n) is 7.27. The third kappa shape index (κ3) is 3.93. The van der Waals surface area contributed by atoms with Crippen molar-refractivity contribution in [3.05, 3.63) is 46.9 Å². The zero-order valence-corrected chi connectivity index (χ0v) is 18.6. The van der Waals surface area contributed by atoms with Gasteiger partial charge in [0.05, 0.1) is 20.1 Å². The van der Waals surface area contributed by atoms with Gasteiger partial charge in [0.25, 0.3) is 0 Å². The molecule has 1 saturated carbocycles. The summed E-state index contributed by atoms with van der Waals surface area (Å²) >= 11 is 0. The number of carbonyl (C=O) groups is 1. The SMILES string of the molecule is COc1ccccc1CN1C(=O)Cc2c(C)nc([C@@H]3CCCN(C4CCCC4)C3)nc21. The van der Waals surface area contributed by atoms with Crippen LogP contribution in [0.25, 0.3) is 0 Å². The molecule has 2 aromatic rings. The lowest BCUT2D eigenvalue weighted by molar-refractivity contribution is -0.117. The summed E-state index contributed by atoms with van der Waals surface area (Å²) in [6, 6.07) is 8.62. The minimum Gasteiger partial charge on any atom is -0.496 e. The Morgan fingerprint density at radius 3 is 2.71 bits per heavy atom. The number of nitrogens with zero attached hydrogens (tertiary/aromatic N) is 4. The molecule has 0 bridgehead atoms. The van der Waals surface area contributed by atoms with Gasteiger partial charge in [-0.2, -0.15) is 0 Å². The van der Waals surface area contributed by atoms with Crippen LogP contribution in [0.3, 0.4) is 0 Å². The molecular formula is C25H32N4O2. The van der Waals surface area contributed by atoms with Gasteiger partial charge in [-0.3, -0.25) is 14.6 Å². The molecule has 1 aromatic carbocycles. The summed E-state index contributed by atoms with van der Waals surface area (Å²) in [5.74, 6) is 2.96. The Balaban J connectivity index is 1.42. The second-order valence-corrected chi connectivity index (χ2v) is 9.21. The van der Waals surface area contributed by atoms with Crippen LogP contribution in [0.15, 0.2) is 24.3 Å². The minimum absolute atomic E-state index is 0.0895. The average molecular weight is 421 g/mol. The summed E-state index contributed by atoms with van der Waals surface area (Å²) in [4.78, 5) is 27.3. The smallest absolute Gasteiger partial charge is 0.233 e. The quantitative estimate of drug-likeness (QED) is 0.732. The number of aryl methyl sites for hydroxylation is 1. The summed E-state index contributed by atoms with van der Waals surface area (Å²) in [7, 11) is 1.67. The van der Waals surface area contributed by atoms with Gasteiger partial charge in [-0.1, -0.05) is 31.0 Å². The van der Waals surface area contributed by atoms with E-state index in [2.05, 4.69) is 4.90 Å². The van der Waals surface area contributed by atoms with E-state index in [1.54, 1.807) is 7.11 Å². The molecule has 31 heavy (non-hydrogen) atoms. The number of fused-ring (bicyclic) bond motifs is 1. The predicted molar refractivity (Wildman–Crippen MR) is 120 cm³/mol. The fraction of sp³-hybridized carbons (Fsp3) is 0.560. The van der Waals surface area contributed by atoms with Gasteiger partial charge in [0, 0.05) is 35.3 Å². The normalized spacial score (nSPS) is 22.2. The molecular weight excluding hydrogens is 388 g/mol. The zero-order valence-electron chi connectivity index (χ0n) is 18.6. The van der Waals surface area contributed by atoms with E-state index >= 15 is 0 Å². The molecule has 3 heterocycles. The van der Waals surface area contributed by atoms with E-state index in [1.165, 1.54) is 38.6 Å². The Hall–Kier alpha value is -2.47. The summed E-state index contributed by atoms with van der Waals surface area (Å²) in [5.41, 5.74) is 2.93. The Labute approximate surface area is 184 Å². The van der Waals surface area contributed by atoms with E-state index in [9.17, 15) is 4.79 Å². The highest BCUT2D eigenvalue weighted by atomic mass is 16.5. The van der Waals surface area contributed by atoms with Crippen LogP contribution in [0.5, 0.6) is 5.75 Å². The number of amides is 1. The molecule has 5 rings (SSSR count). The molecule has 1 aromatic heterocycles. The number of benzene rings is 1. The second-order valence-electron chi connectivity index (χ2n) is 9.21. The number of para-hydroxylation sites is 1. The first kappa shape index (κ1) is 20.4. The van der Waals surface area contributed by atoms with Crippen molar-refractivity contribution < 1.29 is 9.53 Å². The maximum absolute atomic E-state index is 12.9. The van der Waals surface area contributed by atoms with Gasteiger partial charge in [0.1, 0.15) is 17.4 Å². The molecule has 6 heteroatoms. The van der Waals surface area contributed by atoms with Gasteiger partial charge in [-0.05, 0) is 45.2 Å². The summed E-state index contributed by atoms with van der Waals surface area (Å²) in [6.45, 7) is 4.75. The second kappa shape index (κ2) is 8.58. The van der Waals surface area contributed by atoms with Gasteiger partial charge in [0.15, 0.2) is 0 Å². The zero-order chi connectivity index (χ0) is 21.4. The van der Waals surface area contributed by atoms with E-state index in [4.69, 9.17) is 14.7 Å². The molecule has 3 aliphatic rings. The van der Waals surface area contributed by atoms with Crippen molar-refractivity contribution in [2.45, 2.75) is 70.4 Å². The molecule has 1 aliphatic carbocycles. The summed E-state index contributed by atoms with van der Waals surface area (Å²) in [6.07, 6.45) is 8.10. The van der Waals surface area contributed by atoms with Crippen molar-refractivity contribution in [1.29, 1.82) is 0 Å². The summed E-state index contributed by atoms with van der Waals surface area (Å²) in [5, 5.41) is 0. The van der Waals surface area contributed by atoms with Crippen LogP contribution < -0.4 is 9.64 Å². The highest BCUT2D eigenvalue weighted by Crippen LogP contribution is 2.36. The Morgan fingerprint density at radius 1 is 1.10 bits per heavy atom. The van der Waals surface area contributed by atoms with Crippen LogP contribution in [-0.2, 0) is 17.8 Å². The van der Waals surface area contributed by atoms with Gasteiger partial charge < -0.3 is 4.74 Å². The van der Waals surface area contributed by atoms with Crippen LogP contribution in [0, 0.1) is 6.92 Å². The van der Waals surface area contributed by atoms with E-state index in [0.29, 0.717) is 18.9 Å². The highest BCUT2D eigenvalue weighted by molar-refractivity contribution is 6.00. The lowest BCUT2D eigenvalue weighted by Gasteiger charge is -2.36. The number of methoxy groups -OCH3 is 1. The molecule has 0 spiro atoms. The monoisotopic (exact) mass is 420 g/mol. The molecule has 0 N–H and O–H groups in total. The van der Waals surface area contributed by atoms with Crippen LogP contribution in [0.2, 0.25) is 0 Å². The predicted octanol–water partition coefficient (Wildman–Crippen LogP) is 4.00. The summed E-state index contributed by atoms with van der Waals surface area (Å²) < 4.78 is 5.51. The molecule has 0 radical (unpaired) electrons. The number of hydrogen-bond donors (Lipinski definition) is 0. The number of likely N-dealkylation sites (tertiary alicyclic amines) is 1. The van der Waals surface area contributed by atoms with Crippen LogP contribution in [0.1, 0.15) is 67.1 Å². The maximum atomic E-state index is 12.9. The van der Waals surface area contributed by atoms with Crippen molar-refractivity contribution in [2.75, 3.05) is 25.1 Å². The standard InChI is InChI=1S/C25H32N4O2/c1-17-21-14-23(30)29(16-18-8-3-6-12-22(18)31-2)25(21)27-24(26-17)19-9-7-13-28(15-19)20-10-4-5-11-20/h3,6,8,12,19-20H,4-5,7,9-11,13-16H2,1-2H3/t19-/m1/s1. The largest absolute Gasteiger partial charge is 0.496 e. The molecule has 2 aliphatic heterocycles. The molecule has 1 saturated heterocycles. The van der Waals surface area contributed by atoms with Gasteiger partial charge in [0.2, 0.25) is 5.91 Å². The van der Waals surface area contributed by atoms with E-state index < -0.39 is 0 Å². The van der Waals surface area contributed by atoms with Crippen LogP contribution in [0.4, 0.5) is 5.82 Å². The van der Waals surface area contributed by atoms with Gasteiger partial charge in [-0.15, -0.1) is 0 Å². The molecule has 6 nitrogen and oxygen atoms in total. The first-order valence-electron chi connectivity index (χ1n) is 11.7. The van der Waals surface area contributed by atoms with E-state index in [-0.39, 0.29) is 5.91 Å². The van der Waals surface area contributed by atoms with Crippen LogP contribution in [-0.4, -0.2) is 47.0 Å². The first-order valence-corrected chi connectivity index (χ1v) is 11.7. The van der Waals surface area contributed by atoms with Gasteiger partial charge >= 0.3 is 0 Å². The minimum atomic E-state index is 0.0895. The highest BCUT2D eigenvalue weighted by Gasteiger charge is 2.35. The Kier molecular flexibility index (Phi) is 5.65. The van der Waals surface area contributed by atoms with Crippen molar-refractivity contribution in [3.8, 4) is 5.75 Å². The Morgan fingerprint density at radius 2 is 1.90 bits per heavy atom. The fourth-order valence-electron chi connectivity index (χ4n) is 5.56. The fourth-order valence-corrected chi connectivity index (χ4v) is 5.56. The molecule has 1 amide bonds. The van der Waals surface area contributed by atoms with Crippen molar-refractivity contribution >= 4 is 11.7 Å². The molecule has 2 fully saturated rings. The molecule has 1 atom stereocenters. The topological polar surface area (TPSA) is 58.6 Å². The number of ether oxygens (including phenoxy) is 1. The lowest BCUT2D eigenvalue weighted by atomic mass is 9.95. The number of hydrogen-bond acceptors (Lipinski definition) is 5. The number of aromatic nitrogens is 2. The number of anilines is 1. The van der Waals surface area contributed by atoms with Crippen molar-refractivity contribution in [3.63, 3.8) is 0 Å². The lowest BCUT2D eigenvalue weighted by Crippen LogP contribution is -2.41. The average Bonchev–Trinajstić information content (AvgIpc) is 3.44. The molecule has 164 valence electrons. The van der Waals surface area contributed by atoms with E-state index in [0.717, 1.165) is 53.2 Å². The Bertz CT molecular complexity index is 970. The first-order chi connectivity index (χ1) is 15.1. The van der Waals surface area contributed by atoms with Crippen molar-refractivity contribution in [2.24, 2.45) is 0 Å². The number of carbonyl (C=O) groups excluding carboxylic acids is 1. The number of piperidine rings is 1. The van der Waals surface area contributed by atoms with Crippen molar-refractivity contribution in [1.82, 2.24) is 14.9 Å². The van der Waals surface area contributed by atoms with E-state index in [1.807, 2.05) is 36.1 Å². The number of rotatable bonds is 5.